The van der Waals surface area contributed by atoms with Crippen molar-refractivity contribution < 1.29 is 28.8 Å². The first kappa shape index (κ1) is 43.5. The third-order valence-electron chi connectivity index (χ3n) is 6.16. The van der Waals surface area contributed by atoms with Crippen molar-refractivity contribution in [3.8, 4) is 0 Å². The number of carbonyl (C=O) groups excluding carboxylic acids is 6. The lowest BCUT2D eigenvalue weighted by Crippen LogP contribution is -2.45. The highest BCUT2D eigenvalue weighted by Crippen LogP contribution is 2.08. The fraction of sp³-hybridized carbons (Fsp3) is 0.455. The highest BCUT2D eigenvalue weighted by atomic mass is 16.2. The minimum absolute atomic E-state index is 0.000989. The van der Waals surface area contributed by atoms with Crippen molar-refractivity contribution in [2.24, 2.45) is 5.73 Å². The molecule has 0 aromatic carbocycles. The zero-order valence-electron chi connectivity index (χ0n) is 29.6. The highest BCUT2D eigenvalue weighted by Gasteiger charge is 2.21. The second-order valence-electron chi connectivity index (χ2n) is 10.7. The summed E-state index contributed by atoms with van der Waals surface area (Å²) in [6, 6.07) is 0. The lowest BCUT2D eigenvalue weighted by molar-refractivity contribution is -0.128. The van der Waals surface area contributed by atoms with E-state index in [9.17, 15) is 28.8 Å². The molecular weight excluding hydrogens is 632 g/mol. The van der Waals surface area contributed by atoms with Crippen molar-refractivity contribution in [3.05, 3.63) is 72.1 Å². The first-order chi connectivity index (χ1) is 23.1. The van der Waals surface area contributed by atoms with E-state index in [-0.39, 0.29) is 74.1 Å². The Morgan fingerprint density at radius 2 is 0.878 bits per heavy atom. The molecule has 6 amide bonds. The first-order valence-electron chi connectivity index (χ1n) is 15.9. The van der Waals surface area contributed by atoms with Gasteiger partial charge < -0.3 is 52.8 Å². The Labute approximate surface area is 289 Å². The molecule has 16 heteroatoms. The van der Waals surface area contributed by atoms with Crippen LogP contribution in [-0.2, 0) is 28.8 Å². The molecule has 0 rings (SSSR count). The van der Waals surface area contributed by atoms with Gasteiger partial charge in [-0.25, -0.2) is 0 Å². The largest absolute Gasteiger partial charge is 0.380 e. The summed E-state index contributed by atoms with van der Waals surface area (Å²) in [5, 5.41) is 19.6. The highest BCUT2D eigenvalue weighted by molar-refractivity contribution is 5.95. The molecule has 0 aromatic rings. The third kappa shape index (κ3) is 17.8. The number of carbonyl (C=O) groups is 6. The Morgan fingerprint density at radius 1 is 0.531 bits per heavy atom. The van der Waals surface area contributed by atoms with Crippen LogP contribution >= 0.6 is 0 Å². The SMILES string of the molecule is C=C(C)C(=O)NCCNC(=O)C(=CN(C=C(NCC)C(N)=O)C=C(NCC)C(=O)N(CCNC(=O)C(=C)C)CCNC(=O)C(=C)C)NCC. The van der Waals surface area contributed by atoms with Gasteiger partial charge in [0.05, 0.1) is 0 Å². The van der Waals surface area contributed by atoms with Crippen LogP contribution in [0.25, 0.3) is 0 Å². The zero-order valence-corrected chi connectivity index (χ0v) is 29.6. The van der Waals surface area contributed by atoms with Crippen LogP contribution in [0, 0.1) is 0 Å². The molecule has 49 heavy (non-hydrogen) atoms. The van der Waals surface area contributed by atoms with Crippen LogP contribution in [-0.4, -0.2) is 104 Å². The van der Waals surface area contributed by atoms with E-state index < -0.39 is 17.7 Å². The summed E-state index contributed by atoms with van der Waals surface area (Å²) < 4.78 is 0. The molecular formula is C33H54N10O6. The first-order valence-corrected chi connectivity index (χ1v) is 15.9. The number of primary amides is 1. The molecule has 0 aliphatic rings. The Morgan fingerprint density at radius 3 is 1.29 bits per heavy atom. The van der Waals surface area contributed by atoms with Crippen LogP contribution in [0.4, 0.5) is 0 Å². The lowest BCUT2D eigenvalue weighted by atomic mass is 10.3. The van der Waals surface area contributed by atoms with Gasteiger partial charge in [-0.3, -0.25) is 28.8 Å². The number of hydrogen-bond donors (Lipinski definition) is 8. The lowest BCUT2D eigenvalue weighted by Gasteiger charge is -2.26. The molecule has 0 atom stereocenters. The van der Waals surface area contributed by atoms with Crippen molar-refractivity contribution >= 4 is 35.4 Å². The predicted octanol–water partition coefficient (Wildman–Crippen LogP) is -0.852. The van der Waals surface area contributed by atoms with E-state index in [4.69, 9.17) is 5.73 Å². The molecule has 272 valence electrons. The Hall–Kier alpha value is -5.54. The van der Waals surface area contributed by atoms with Gasteiger partial charge in [-0.1, -0.05) is 19.7 Å². The number of nitrogens with two attached hydrogens (primary N) is 1. The van der Waals surface area contributed by atoms with Gasteiger partial charge in [0.25, 0.3) is 17.7 Å². The molecule has 0 heterocycles. The van der Waals surface area contributed by atoms with E-state index in [1.165, 1.54) is 28.4 Å². The average molecular weight is 687 g/mol. The summed E-state index contributed by atoms with van der Waals surface area (Å²) in [6.07, 6.45) is 4.09. The van der Waals surface area contributed by atoms with Gasteiger partial charge in [0, 0.05) is 94.2 Å². The van der Waals surface area contributed by atoms with Crippen molar-refractivity contribution in [1.29, 1.82) is 0 Å². The van der Waals surface area contributed by atoms with Gasteiger partial charge in [-0.2, -0.15) is 0 Å². The van der Waals surface area contributed by atoms with Crippen LogP contribution in [0.15, 0.2) is 72.1 Å². The second-order valence-corrected chi connectivity index (χ2v) is 10.7. The van der Waals surface area contributed by atoms with E-state index in [0.29, 0.717) is 36.4 Å². The molecule has 0 bridgehead atoms. The topological polar surface area (TPSA) is 219 Å². The smallest absolute Gasteiger partial charge is 0.271 e. The maximum absolute atomic E-state index is 14.0. The van der Waals surface area contributed by atoms with Crippen LogP contribution in [0.3, 0.4) is 0 Å². The zero-order chi connectivity index (χ0) is 37.5. The fourth-order valence-electron chi connectivity index (χ4n) is 3.68. The molecule has 0 aliphatic carbocycles. The normalized spacial score (nSPS) is 11.3. The third-order valence-corrected chi connectivity index (χ3v) is 6.16. The molecule has 0 radical (unpaired) electrons. The summed E-state index contributed by atoms with van der Waals surface area (Å²) >= 11 is 0. The molecule has 0 unspecified atom stereocenters. The minimum atomic E-state index is -0.782. The summed E-state index contributed by atoms with van der Waals surface area (Å²) in [5.41, 5.74) is 6.67. The monoisotopic (exact) mass is 686 g/mol. The maximum atomic E-state index is 14.0. The Bertz CT molecular complexity index is 1300. The quantitative estimate of drug-likeness (QED) is 0.0464. The number of rotatable bonds is 24. The van der Waals surface area contributed by atoms with E-state index in [1.54, 1.807) is 41.5 Å². The van der Waals surface area contributed by atoms with Crippen LogP contribution in [0.2, 0.25) is 0 Å². The van der Waals surface area contributed by atoms with Gasteiger partial charge in [-0.05, 0) is 41.5 Å². The molecule has 0 aromatic heterocycles. The molecule has 0 spiro atoms. The molecule has 0 saturated heterocycles. The van der Waals surface area contributed by atoms with Gasteiger partial charge in [-0.15, -0.1) is 0 Å². The molecule has 16 nitrogen and oxygen atoms in total. The van der Waals surface area contributed by atoms with Gasteiger partial charge in [0.1, 0.15) is 17.1 Å². The Kier molecular flexibility index (Phi) is 21.0. The van der Waals surface area contributed by atoms with Crippen molar-refractivity contribution in [3.63, 3.8) is 0 Å². The van der Waals surface area contributed by atoms with Gasteiger partial charge in [0.15, 0.2) is 0 Å². The second kappa shape index (κ2) is 23.7. The summed E-state index contributed by atoms with van der Waals surface area (Å²) in [7, 11) is 0. The van der Waals surface area contributed by atoms with Crippen molar-refractivity contribution in [1.82, 2.24) is 47.0 Å². The number of nitrogens with zero attached hydrogens (tertiary/aromatic N) is 2. The van der Waals surface area contributed by atoms with Gasteiger partial charge >= 0.3 is 0 Å². The van der Waals surface area contributed by atoms with Crippen LogP contribution < -0.4 is 43.0 Å². The minimum Gasteiger partial charge on any atom is -0.380 e. The fourth-order valence-corrected chi connectivity index (χ4v) is 3.68. The van der Waals surface area contributed by atoms with Crippen molar-refractivity contribution in [2.75, 3.05) is 58.9 Å². The summed E-state index contributed by atoms with van der Waals surface area (Å²) in [4.78, 5) is 78.1. The van der Waals surface area contributed by atoms with Crippen LogP contribution in [0.1, 0.15) is 41.5 Å². The Balaban J connectivity index is 6.74. The van der Waals surface area contributed by atoms with E-state index in [2.05, 4.69) is 57.0 Å². The maximum Gasteiger partial charge on any atom is 0.271 e. The van der Waals surface area contributed by atoms with E-state index >= 15 is 0 Å². The number of hydrogen-bond acceptors (Lipinski definition) is 10. The van der Waals surface area contributed by atoms with Gasteiger partial charge in [0.2, 0.25) is 17.7 Å². The van der Waals surface area contributed by atoms with E-state index in [0.717, 1.165) is 0 Å². The summed E-state index contributed by atoms with van der Waals surface area (Å²) in [6.45, 7) is 22.4. The number of amides is 6. The predicted molar refractivity (Wildman–Crippen MR) is 189 cm³/mol. The number of likely N-dealkylation sites (N-methyl/N-ethyl adjacent to an activating group) is 3. The molecule has 0 fully saturated rings. The van der Waals surface area contributed by atoms with E-state index in [1.807, 2.05) is 0 Å². The summed E-state index contributed by atoms with van der Waals surface area (Å²) in [5.74, 6) is -2.90. The average Bonchev–Trinajstić information content (AvgIpc) is 3.04. The van der Waals surface area contributed by atoms with Crippen molar-refractivity contribution in [2.45, 2.75) is 41.5 Å². The van der Waals surface area contributed by atoms with Crippen LogP contribution in [0.5, 0.6) is 0 Å². The number of nitrogens with one attached hydrogen (secondary N) is 7. The standard InChI is InChI=1S/C33H54N10O6/c1-10-35-25(28(34)44)19-42(20-26(36-11-2)32(48)39-14-13-38-29(45)22(4)5)21-27(37-12-3)33(49)43(17-15-40-30(46)23(6)7)18-16-41-31(47)24(8)9/h19-21,35-37H,4,6,8,10-18H2,1-3,5,7,9H3,(H2,34,44)(H,38,45)(H,39,48)(H,40,46)(H,41,47). The molecule has 9 N–H and O–H groups in total. The molecule has 0 saturated carbocycles. The molecule has 0 aliphatic heterocycles.